The van der Waals surface area contributed by atoms with Gasteiger partial charge in [0.2, 0.25) is 15.9 Å². The number of imidazole rings is 1. The van der Waals surface area contributed by atoms with Crippen molar-refractivity contribution in [1.29, 1.82) is 0 Å². The van der Waals surface area contributed by atoms with Crippen molar-refractivity contribution < 1.29 is 22.4 Å². The van der Waals surface area contributed by atoms with E-state index in [1.54, 1.807) is 4.90 Å². The van der Waals surface area contributed by atoms with Gasteiger partial charge in [-0.25, -0.2) is 27.1 Å². The van der Waals surface area contributed by atoms with E-state index in [1.165, 1.54) is 16.4 Å². The van der Waals surface area contributed by atoms with Crippen LogP contribution in [0.5, 0.6) is 0 Å². The van der Waals surface area contributed by atoms with Crippen molar-refractivity contribution in [2.24, 2.45) is 5.92 Å². The van der Waals surface area contributed by atoms with Crippen LogP contribution in [0.25, 0.3) is 11.5 Å². The van der Waals surface area contributed by atoms with Crippen molar-refractivity contribution in [3.05, 3.63) is 35.0 Å². The predicted molar refractivity (Wildman–Crippen MR) is 124 cm³/mol. The van der Waals surface area contributed by atoms with Crippen LogP contribution < -0.4 is 0 Å². The van der Waals surface area contributed by atoms with Gasteiger partial charge in [-0.15, -0.1) is 0 Å². The van der Waals surface area contributed by atoms with Gasteiger partial charge in [0, 0.05) is 51.4 Å². The van der Waals surface area contributed by atoms with Crippen molar-refractivity contribution in [2.45, 2.75) is 38.5 Å². The molecule has 0 spiro atoms. The van der Waals surface area contributed by atoms with Crippen LogP contribution in [0.2, 0.25) is 5.15 Å². The van der Waals surface area contributed by atoms with E-state index in [1.807, 2.05) is 6.92 Å². The van der Waals surface area contributed by atoms with E-state index in [-0.39, 0.29) is 35.7 Å². The summed E-state index contributed by atoms with van der Waals surface area (Å²) < 4.78 is 40.4. The van der Waals surface area contributed by atoms with Gasteiger partial charge in [0.25, 0.3) is 0 Å². The number of sulfonamides is 1. The van der Waals surface area contributed by atoms with E-state index in [0.717, 1.165) is 6.20 Å². The van der Waals surface area contributed by atoms with E-state index in [2.05, 4.69) is 15.0 Å². The van der Waals surface area contributed by atoms with Gasteiger partial charge in [-0.3, -0.25) is 9.59 Å². The molecule has 9 nitrogen and oxygen atoms in total. The zero-order valence-corrected chi connectivity index (χ0v) is 20.4. The Kier molecular flexibility index (Phi) is 7.34. The summed E-state index contributed by atoms with van der Waals surface area (Å²) in [5, 5.41) is 0.292. The Bertz CT molecular complexity index is 1160. The van der Waals surface area contributed by atoms with Crippen molar-refractivity contribution in [3.8, 4) is 11.5 Å². The van der Waals surface area contributed by atoms with Crippen LogP contribution in [0.15, 0.2) is 18.3 Å². The molecule has 2 fully saturated rings. The van der Waals surface area contributed by atoms with E-state index in [0.29, 0.717) is 67.8 Å². The second-order valence-electron chi connectivity index (χ2n) is 8.87. The van der Waals surface area contributed by atoms with Gasteiger partial charge in [-0.1, -0.05) is 18.5 Å². The molecule has 2 aromatic heterocycles. The fourth-order valence-corrected chi connectivity index (χ4v) is 6.35. The maximum Gasteiger partial charge on any atom is 0.223 e. The van der Waals surface area contributed by atoms with Crippen LogP contribution in [-0.2, 0) is 19.6 Å². The van der Waals surface area contributed by atoms with Crippen molar-refractivity contribution in [2.75, 3.05) is 31.9 Å². The lowest BCUT2D eigenvalue weighted by Gasteiger charge is -2.36. The summed E-state index contributed by atoms with van der Waals surface area (Å²) in [6.45, 7) is 3.29. The highest BCUT2D eigenvalue weighted by Gasteiger charge is 2.36. The number of nitrogens with zero attached hydrogens (tertiary/aromatic N) is 4. The number of aromatic nitrogens is 3. The highest BCUT2D eigenvalue weighted by Crippen LogP contribution is 2.37. The lowest BCUT2D eigenvalue weighted by Crippen LogP contribution is -2.44. The number of H-pyrrole nitrogens is 1. The third kappa shape index (κ3) is 5.47. The maximum atomic E-state index is 13.2. The summed E-state index contributed by atoms with van der Waals surface area (Å²) in [5.74, 6) is -0.444. The zero-order valence-electron chi connectivity index (χ0n) is 18.8. The number of hydrogen-bond donors (Lipinski definition) is 1. The summed E-state index contributed by atoms with van der Waals surface area (Å²) >= 11 is 6.38. The molecule has 12 heteroatoms. The van der Waals surface area contributed by atoms with Gasteiger partial charge in [0.15, 0.2) is 11.0 Å². The molecule has 0 radical (unpaired) electrons. The second kappa shape index (κ2) is 10.1. The first kappa shape index (κ1) is 24.7. The monoisotopic (exact) mass is 511 g/mol. The minimum atomic E-state index is -3.60. The average molecular weight is 512 g/mol. The number of hydrogen-bond acceptors (Lipinski definition) is 6. The molecule has 1 amide bonds. The molecule has 1 N–H and O–H groups in total. The van der Waals surface area contributed by atoms with Crippen molar-refractivity contribution in [1.82, 2.24) is 24.2 Å². The Morgan fingerprint density at radius 2 is 2.00 bits per heavy atom. The lowest BCUT2D eigenvalue weighted by atomic mass is 9.86. The van der Waals surface area contributed by atoms with Gasteiger partial charge in [0.05, 0.1) is 17.6 Å². The van der Waals surface area contributed by atoms with E-state index in [9.17, 15) is 22.4 Å². The van der Waals surface area contributed by atoms with Crippen LogP contribution in [0.3, 0.4) is 0 Å². The van der Waals surface area contributed by atoms with Crippen LogP contribution in [0.1, 0.15) is 44.2 Å². The van der Waals surface area contributed by atoms with Gasteiger partial charge in [-0.2, -0.15) is 0 Å². The van der Waals surface area contributed by atoms with Crippen molar-refractivity contribution >= 4 is 33.3 Å². The second-order valence-corrected chi connectivity index (χ2v) is 11.3. The van der Waals surface area contributed by atoms with Gasteiger partial charge in [0.1, 0.15) is 17.3 Å². The van der Waals surface area contributed by atoms with Gasteiger partial charge in [-0.05, 0) is 24.5 Å². The number of nitrogens with one attached hydrogen (secondary N) is 1. The van der Waals surface area contributed by atoms with Crippen molar-refractivity contribution in [3.63, 3.8) is 0 Å². The fourth-order valence-electron chi connectivity index (χ4n) is 4.55. The molecule has 0 aliphatic carbocycles. The standard InChI is InChI=1S/C22H27ClFN5O4S/c1-14-13-29(34(32,33)11-7-19(31)28-8-4-16(30)5-9-28)10-6-17(14)20-21(23)27-22(26-20)18-3-2-15(24)12-25-18/h2-3,12,14,17H,4-11,13H2,1H3,(H,26,27)/t14-,17+/m0/s1. The molecule has 2 atom stereocenters. The Balaban J connectivity index is 1.37. The predicted octanol–water partition coefficient (Wildman–Crippen LogP) is 2.60. The summed E-state index contributed by atoms with van der Waals surface area (Å²) in [6.07, 6.45) is 2.22. The summed E-state index contributed by atoms with van der Waals surface area (Å²) in [4.78, 5) is 36.8. The number of piperidine rings is 2. The first-order chi connectivity index (χ1) is 16.1. The van der Waals surface area contributed by atoms with Gasteiger partial charge < -0.3 is 9.88 Å². The SMILES string of the molecule is C[C@H]1CN(S(=O)(=O)CCC(=O)N2CCC(=O)CC2)CC[C@H]1c1[nH]c(-c2ccc(F)cn2)nc1Cl. The average Bonchev–Trinajstić information content (AvgIpc) is 3.19. The number of ketones is 1. The molecular weight excluding hydrogens is 485 g/mol. The number of halogens is 2. The Morgan fingerprint density at radius 1 is 1.26 bits per heavy atom. The molecule has 4 heterocycles. The maximum absolute atomic E-state index is 13.2. The highest BCUT2D eigenvalue weighted by atomic mass is 35.5. The van der Waals surface area contributed by atoms with Crippen LogP contribution in [0.4, 0.5) is 4.39 Å². The summed E-state index contributed by atoms with van der Waals surface area (Å²) in [6, 6.07) is 2.80. The number of carbonyl (C=O) groups excluding carboxylic acids is 2. The topological polar surface area (TPSA) is 116 Å². The van der Waals surface area contributed by atoms with E-state index in [4.69, 9.17) is 11.6 Å². The normalized spacial score (nSPS) is 22.2. The fraction of sp³-hybridized carbons (Fsp3) is 0.545. The van der Waals surface area contributed by atoms with Crippen LogP contribution in [0, 0.1) is 11.7 Å². The minimum absolute atomic E-state index is 0.0341. The van der Waals surface area contributed by atoms with Crippen LogP contribution in [-0.4, -0.2) is 76.2 Å². The molecular formula is C22H27ClFN5O4S. The Hall–Kier alpha value is -2.37. The Morgan fingerprint density at radius 3 is 2.65 bits per heavy atom. The molecule has 34 heavy (non-hydrogen) atoms. The van der Waals surface area contributed by atoms with Crippen LogP contribution >= 0.6 is 11.6 Å². The first-order valence-corrected chi connectivity index (χ1v) is 13.3. The quantitative estimate of drug-likeness (QED) is 0.637. The van der Waals surface area contributed by atoms with E-state index < -0.39 is 15.8 Å². The number of aromatic amines is 1. The molecule has 184 valence electrons. The molecule has 0 unspecified atom stereocenters. The van der Waals surface area contributed by atoms with Gasteiger partial charge >= 0.3 is 0 Å². The lowest BCUT2D eigenvalue weighted by molar-refractivity contribution is -0.134. The molecule has 0 bridgehead atoms. The Labute approximate surface area is 202 Å². The highest BCUT2D eigenvalue weighted by molar-refractivity contribution is 7.89. The molecule has 2 aliphatic heterocycles. The number of carbonyl (C=O) groups is 2. The minimum Gasteiger partial charge on any atom is -0.342 e. The molecule has 0 aromatic carbocycles. The molecule has 0 saturated carbocycles. The summed E-state index contributed by atoms with van der Waals surface area (Å²) in [7, 11) is -3.60. The molecule has 2 aromatic rings. The largest absolute Gasteiger partial charge is 0.342 e. The number of rotatable bonds is 6. The summed E-state index contributed by atoms with van der Waals surface area (Å²) in [5.41, 5.74) is 1.17. The number of likely N-dealkylation sites (tertiary alicyclic amines) is 1. The zero-order chi connectivity index (χ0) is 24.5. The first-order valence-electron chi connectivity index (χ1n) is 11.3. The third-order valence-electron chi connectivity index (χ3n) is 6.54. The molecule has 2 saturated heterocycles. The smallest absolute Gasteiger partial charge is 0.223 e. The third-order valence-corrected chi connectivity index (χ3v) is 8.66. The number of Topliss-reactive ketones (excluding diaryl/α,β-unsaturated/α-hetero) is 1. The number of amides is 1. The number of pyridine rings is 1. The molecule has 4 rings (SSSR count). The van der Waals surface area contributed by atoms with E-state index >= 15 is 0 Å². The molecule has 2 aliphatic rings.